The monoisotopic (exact) mass is 781 g/mol. The number of carbonyl (C=O) groups excluding carboxylic acids is 2. The third kappa shape index (κ3) is 10.4. The molecule has 1 aliphatic carbocycles. The first-order chi connectivity index (χ1) is 26.0. The number of aromatic nitrogens is 3. The van der Waals surface area contributed by atoms with Crippen LogP contribution < -0.4 is 15.4 Å². The van der Waals surface area contributed by atoms with E-state index < -0.39 is 57.0 Å². The third-order valence-electron chi connectivity index (χ3n) is 9.01. The molecular formula is C39H43F4N7O4S. The van der Waals surface area contributed by atoms with E-state index in [1.165, 1.54) is 36.4 Å². The minimum atomic E-state index is -4.92. The molecule has 2 amide bonds. The van der Waals surface area contributed by atoms with Gasteiger partial charge >= 0.3 is 12.3 Å². The lowest BCUT2D eigenvalue weighted by atomic mass is 9.82. The van der Waals surface area contributed by atoms with Crippen LogP contribution in [0.5, 0.6) is 0 Å². The van der Waals surface area contributed by atoms with E-state index in [-0.39, 0.29) is 30.2 Å². The van der Waals surface area contributed by atoms with Crippen LogP contribution in [0.1, 0.15) is 105 Å². The van der Waals surface area contributed by atoms with Crippen molar-refractivity contribution in [1.82, 2.24) is 24.8 Å². The number of unbranched alkanes of at least 4 members (excludes halogenated alkanes) is 1. The zero-order chi connectivity index (χ0) is 40.0. The topological polar surface area (TPSA) is 157 Å². The lowest BCUT2D eigenvalue weighted by molar-refractivity contribution is -0.141. The SMILES string of the molecule is CCCCOC(=O)NCc1cccc(-n2nc(C(F)(F)F)cc2C(=O)Nc2cc(C(CCC3CC3)(N[S+]([O-])C(C)(C)C)c3cccc(C#N)n3)ccc2F)c1. The number of hydrogen-bond donors (Lipinski definition) is 3. The lowest BCUT2D eigenvalue weighted by Crippen LogP contribution is -2.52. The number of alkyl halides is 3. The van der Waals surface area contributed by atoms with Crippen LogP contribution >= 0.6 is 0 Å². The van der Waals surface area contributed by atoms with Crippen molar-refractivity contribution >= 4 is 29.0 Å². The molecule has 16 heteroatoms. The smallest absolute Gasteiger partial charge is 0.435 e. The van der Waals surface area contributed by atoms with Crippen molar-refractivity contribution in [3.8, 4) is 11.8 Å². The Kier molecular flexibility index (Phi) is 12.9. The highest BCUT2D eigenvalue weighted by Gasteiger charge is 2.45. The van der Waals surface area contributed by atoms with Gasteiger partial charge in [0.05, 0.1) is 23.7 Å². The second-order valence-electron chi connectivity index (χ2n) is 14.4. The molecule has 1 saturated carbocycles. The summed E-state index contributed by atoms with van der Waals surface area (Å²) in [6, 6.07) is 17.4. The number of nitriles is 1. The molecule has 2 aromatic carbocycles. The first-order valence-electron chi connectivity index (χ1n) is 17.9. The summed E-state index contributed by atoms with van der Waals surface area (Å²) in [7, 11) is 0. The Morgan fingerprint density at radius 2 is 1.80 bits per heavy atom. The second-order valence-corrected chi connectivity index (χ2v) is 16.3. The van der Waals surface area contributed by atoms with Crippen LogP contribution in [-0.2, 0) is 34.4 Å². The number of halogens is 4. The maximum atomic E-state index is 15.6. The molecule has 2 aromatic heterocycles. The Bertz CT molecular complexity index is 2040. The number of alkyl carbamates (subject to hydrolysis) is 1. The predicted molar refractivity (Wildman–Crippen MR) is 199 cm³/mol. The van der Waals surface area contributed by atoms with E-state index in [0.717, 1.165) is 30.0 Å². The van der Waals surface area contributed by atoms with Gasteiger partial charge in [0.2, 0.25) is 0 Å². The molecule has 11 nitrogen and oxygen atoms in total. The Balaban J connectivity index is 1.53. The van der Waals surface area contributed by atoms with Gasteiger partial charge in [-0.1, -0.05) is 50.5 Å². The highest BCUT2D eigenvalue weighted by atomic mass is 32.2. The maximum absolute atomic E-state index is 15.6. The summed E-state index contributed by atoms with van der Waals surface area (Å²) in [5.41, 5.74) is -2.22. The fraction of sp³-hybridized carbons (Fsp3) is 0.410. The van der Waals surface area contributed by atoms with E-state index in [0.29, 0.717) is 48.1 Å². The van der Waals surface area contributed by atoms with Gasteiger partial charge in [0.1, 0.15) is 33.6 Å². The van der Waals surface area contributed by atoms with Gasteiger partial charge in [-0.2, -0.15) is 23.5 Å². The quantitative estimate of drug-likeness (QED) is 0.0621. The zero-order valence-electron chi connectivity index (χ0n) is 30.9. The molecule has 1 aliphatic rings. The molecule has 1 fully saturated rings. The van der Waals surface area contributed by atoms with Crippen molar-refractivity contribution in [1.29, 1.82) is 5.26 Å². The summed E-state index contributed by atoms with van der Waals surface area (Å²) >= 11 is -1.70. The van der Waals surface area contributed by atoms with Gasteiger partial charge in [0.15, 0.2) is 5.69 Å². The van der Waals surface area contributed by atoms with Crippen molar-refractivity contribution in [3.05, 3.63) is 106 Å². The fourth-order valence-corrected chi connectivity index (χ4v) is 6.69. The number of anilines is 1. The number of hydrogen-bond acceptors (Lipinski definition) is 8. The molecule has 292 valence electrons. The van der Waals surface area contributed by atoms with Gasteiger partial charge in [0.25, 0.3) is 5.91 Å². The zero-order valence-corrected chi connectivity index (χ0v) is 31.7. The van der Waals surface area contributed by atoms with Gasteiger partial charge in [-0.05, 0) is 93.5 Å². The highest BCUT2D eigenvalue weighted by molar-refractivity contribution is 7.90. The molecular weight excluding hydrogens is 739 g/mol. The molecule has 2 unspecified atom stereocenters. The van der Waals surface area contributed by atoms with Crippen LogP contribution in [0.4, 0.5) is 28.0 Å². The maximum Gasteiger partial charge on any atom is 0.435 e. The lowest BCUT2D eigenvalue weighted by Gasteiger charge is -2.38. The van der Waals surface area contributed by atoms with Crippen molar-refractivity contribution in [3.63, 3.8) is 0 Å². The number of carbonyl (C=O) groups is 2. The number of amides is 2. The summed E-state index contributed by atoms with van der Waals surface area (Å²) in [4.78, 5) is 30.5. The van der Waals surface area contributed by atoms with E-state index in [2.05, 4.69) is 25.4 Å². The van der Waals surface area contributed by atoms with Crippen molar-refractivity contribution in [2.24, 2.45) is 5.92 Å². The normalized spacial score (nSPS) is 14.8. The van der Waals surface area contributed by atoms with Gasteiger partial charge in [-0.25, -0.2) is 18.9 Å². The number of nitrogens with one attached hydrogen (secondary N) is 3. The molecule has 5 rings (SSSR count). The fourth-order valence-electron chi connectivity index (χ4n) is 5.74. The number of pyridine rings is 1. The van der Waals surface area contributed by atoms with Crippen molar-refractivity contribution in [2.45, 2.75) is 89.2 Å². The summed E-state index contributed by atoms with van der Waals surface area (Å²) in [5.74, 6) is -1.58. The van der Waals surface area contributed by atoms with Gasteiger partial charge < -0.3 is 19.9 Å². The molecule has 0 spiro atoms. The number of ether oxygens (including phenoxy) is 1. The summed E-state index contributed by atoms with van der Waals surface area (Å²) in [5, 5.41) is 18.4. The van der Waals surface area contributed by atoms with Crippen molar-refractivity contribution in [2.75, 3.05) is 11.9 Å². The third-order valence-corrected chi connectivity index (χ3v) is 10.7. The molecule has 4 aromatic rings. The van der Waals surface area contributed by atoms with E-state index >= 15 is 4.39 Å². The van der Waals surface area contributed by atoms with Crippen LogP contribution in [0.3, 0.4) is 0 Å². The van der Waals surface area contributed by atoms with Gasteiger partial charge in [-0.15, -0.1) is 4.72 Å². The van der Waals surface area contributed by atoms with Crippen LogP contribution in [0, 0.1) is 23.1 Å². The summed E-state index contributed by atoms with van der Waals surface area (Å²) in [6.07, 6.45) is -1.02. The number of nitrogens with zero attached hydrogens (tertiary/aromatic N) is 4. The Morgan fingerprint density at radius 3 is 2.47 bits per heavy atom. The van der Waals surface area contributed by atoms with E-state index in [1.807, 2.05) is 13.0 Å². The standard InChI is InChI=1S/C39H43F4N7O4S/c1-5-6-19-54-36(52)45-24-26-9-7-11-29(20-26)50-32(22-34(48-50)39(41,42)43)35(51)47-31-21-27(15-16-30(31)40)38(18-17-25-13-14-25,49-55(53)37(2,3)4)33-12-8-10-28(23-44)46-33/h7-12,15-16,20-22,25,49H,5-6,13-14,17-19,24H2,1-4H3,(H,45,52)(H,47,51). The molecule has 0 saturated heterocycles. The Labute approximate surface area is 320 Å². The van der Waals surface area contributed by atoms with Crippen LogP contribution in [-0.4, -0.2) is 42.7 Å². The van der Waals surface area contributed by atoms with Crippen LogP contribution in [0.15, 0.2) is 66.7 Å². The molecule has 3 N–H and O–H groups in total. The minimum absolute atomic E-state index is 0.0195. The summed E-state index contributed by atoms with van der Waals surface area (Å²) in [6.45, 7) is 7.51. The average molecular weight is 782 g/mol. The van der Waals surface area contributed by atoms with E-state index in [9.17, 15) is 32.6 Å². The first kappa shape index (κ1) is 41.2. The molecule has 2 heterocycles. The summed E-state index contributed by atoms with van der Waals surface area (Å²) < 4.78 is 79.8. The highest BCUT2D eigenvalue weighted by Crippen LogP contribution is 2.43. The molecule has 55 heavy (non-hydrogen) atoms. The van der Waals surface area contributed by atoms with Crippen LogP contribution in [0.2, 0.25) is 0 Å². The Hall–Kier alpha value is -4.98. The van der Waals surface area contributed by atoms with Crippen LogP contribution in [0.25, 0.3) is 5.69 Å². The first-order valence-corrected chi connectivity index (χ1v) is 19.0. The van der Waals surface area contributed by atoms with Gasteiger partial charge in [-0.3, -0.25) is 4.79 Å². The predicted octanol–water partition coefficient (Wildman–Crippen LogP) is 8.06. The molecule has 2 atom stereocenters. The number of rotatable bonds is 15. The number of benzene rings is 2. The van der Waals surface area contributed by atoms with E-state index in [1.54, 1.807) is 39.0 Å². The minimum Gasteiger partial charge on any atom is -0.598 e. The van der Waals surface area contributed by atoms with Crippen molar-refractivity contribution < 1.29 is 36.4 Å². The molecule has 0 radical (unpaired) electrons. The largest absolute Gasteiger partial charge is 0.598 e. The molecule has 0 aliphatic heterocycles. The second kappa shape index (κ2) is 17.2. The van der Waals surface area contributed by atoms with E-state index in [4.69, 9.17) is 4.74 Å². The molecule has 0 bridgehead atoms. The van der Waals surface area contributed by atoms with Gasteiger partial charge in [0, 0.05) is 24.0 Å². The average Bonchev–Trinajstić information content (AvgIpc) is 3.86. The Morgan fingerprint density at radius 1 is 1.05 bits per heavy atom.